The van der Waals surface area contributed by atoms with Crippen molar-refractivity contribution in [3.05, 3.63) is 103 Å². The molecule has 0 aromatic heterocycles. The Labute approximate surface area is 291 Å². The molecule has 3 aromatic carbocycles. The normalized spacial score (nSPS) is 30.7. The Balaban J connectivity index is 1.31. The van der Waals surface area contributed by atoms with Crippen LogP contribution in [-0.4, -0.2) is 89.1 Å². The minimum absolute atomic E-state index is 0.0489. The summed E-state index contributed by atoms with van der Waals surface area (Å²) in [5.41, 5.74) is -0.0281. The van der Waals surface area contributed by atoms with Gasteiger partial charge in [-0.1, -0.05) is 85.0 Å². The fourth-order valence-corrected chi connectivity index (χ4v) is 8.10. The van der Waals surface area contributed by atoms with Crippen LogP contribution in [0.15, 0.2) is 97.1 Å². The molecule has 4 aliphatic rings. The molecule has 0 unspecified atom stereocenters. The number of carbonyl (C=O) groups is 4. The first-order valence-electron chi connectivity index (χ1n) is 17.5. The molecule has 50 heavy (non-hydrogen) atoms. The second-order valence-corrected chi connectivity index (χ2v) is 13.7. The number of likely N-dealkylation sites (tertiary alicyclic amines) is 1. The summed E-state index contributed by atoms with van der Waals surface area (Å²) >= 11 is 0. The van der Waals surface area contributed by atoms with Crippen molar-refractivity contribution in [3.8, 4) is 0 Å². The Morgan fingerprint density at radius 1 is 0.900 bits per heavy atom. The van der Waals surface area contributed by atoms with Crippen LogP contribution in [0.25, 0.3) is 10.8 Å². The van der Waals surface area contributed by atoms with E-state index in [1.54, 1.807) is 27.8 Å². The van der Waals surface area contributed by atoms with Gasteiger partial charge in [-0.05, 0) is 54.7 Å². The number of carbonyl (C=O) groups excluding carboxylic acids is 4. The van der Waals surface area contributed by atoms with E-state index in [0.29, 0.717) is 24.9 Å². The lowest BCUT2D eigenvalue weighted by atomic mass is 9.77. The quantitative estimate of drug-likeness (QED) is 0.231. The third-order valence-electron chi connectivity index (χ3n) is 10.8. The number of rotatable bonds is 6. The number of anilines is 1. The van der Waals surface area contributed by atoms with Crippen LogP contribution in [0, 0.1) is 11.8 Å². The number of benzene rings is 3. The topological polar surface area (TPSA) is 117 Å². The van der Waals surface area contributed by atoms with Crippen LogP contribution < -0.4 is 4.90 Å². The second-order valence-electron chi connectivity index (χ2n) is 13.7. The van der Waals surface area contributed by atoms with Crippen LogP contribution in [0.5, 0.6) is 0 Å². The molecule has 7 rings (SSSR count). The number of esters is 1. The van der Waals surface area contributed by atoms with Gasteiger partial charge >= 0.3 is 5.97 Å². The van der Waals surface area contributed by atoms with E-state index in [1.165, 1.54) is 0 Å². The van der Waals surface area contributed by atoms with Crippen molar-refractivity contribution >= 4 is 40.2 Å². The standard InChI is InChI=1S/C40H43N3O7/c1-26-35(28-14-4-3-5-15-28)49-39(48)33-31(17-8-9-18-32(45)41(26)2)50-40-21-12-23-42(30-20-19-27-13-6-7-16-29(27)25-30)38(47)36(40)43(22-10-11-24-44)37(46)34(33)40/h3-8,12-17,19-21,25-26,31,33-36,44H,9-11,18,22-24H2,1-2H3/b17-8-/t26-,31-,33+,34+,35+,36-,40+/m0/s1. The van der Waals surface area contributed by atoms with Crippen molar-refractivity contribution in [2.45, 2.75) is 62.5 Å². The van der Waals surface area contributed by atoms with E-state index in [1.807, 2.05) is 97.9 Å². The summed E-state index contributed by atoms with van der Waals surface area (Å²) in [5.74, 6) is -3.44. The molecule has 10 nitrogen and oxygen atoms in total. The number of ether oxygens (including phenoxy) is 2. The Bertz CT molecular complexity index is 1840. The number of likely N-dealkylation sites (N-methyl/N-ethyl adjacent to an activating group) is 1. The third-order valence-corrected chi connectivity index (χ3v) is 10.8. The van der Waals surface area contributed by atoms with E-state index in [0.717, 1.165) is 16.3 Å². The molecule has 3 aromatic rings. The molecule has 2 saturated heterocycles. The maximum Gasteiger partial charge on any atom is 0.313 e. The maximum atomic E-state index is 14.9. The van der Waals surface area contributed by atoms with Gasteiger partial charge in [0.2, 0.25) is 11.8 Å². The van der Waals surface area contributed by atoms with Crippen LogP contribution >= 0.6 is 0 Å². The average molecular weight is 678 g/mol. The van der Waals surface area contributed by atoms with E-state index in [4.69, 9.17) is 9.47 Å². The summed E-state index contributed by atoms with van der Waals surface area (Å²) in [7, 11) is 1.71. The molecule has 7 atom stereocenters. The molecule has 0 bridgehead atoms. The summed E-state index contributed by atoms with van der Waals surface area (Å²) in [6, 6.07) is 21.5. The number of hydrogen-bond acceptors (Lipinski definition) is 7. The predicted octanol–water partition coefficient (Wildman–Crippen LogP) is 4.58. The van der Waals surface area contributed by atoms with Gasteiger partial charge in [-0.15, -0.1) is 0 Å². The summed E-state index contributed by atoms with van der Waals surface area (Å²) in [6.07, 6.45) is 7.15. The number of nitrogens with zero attached hydrogens (tertiary/aromatic N) is 3. The average Bonchev–Trinajstić information content (AvgIpc) is 3.51. The number of cyclic esters (lactones) is 1. The largest absolute Gasteiger partial charge is 0.455 e. The van der Waals surface area contributed by atoms with Crippen LogP contribution in [0.1, 0.15) is 44.3 Å². The van der Waals surface area contributed by atoms with Crippen molar-refractivity contribution in [2.24, 2.45) is 11.8 Å². The van der Waals surface area contributed by atoms with Crippen molar-refractivity contribution in [2.75, 3.05) is 31.6 Å². The highest BCUT2D eigenvalue weighted by atomic mass is 16.6. The Morgan fingerprint density at radius 3 is 2.44 bits per heavy atom. The molecule has 1 N–H and O–H groups in total. The highest BCUT2D eigenvalue weighted by Gasteiger charge is 2.71. The van der Waals surface area contributed by atoms with Crippen LogP contribution in [0.4, 0.5) is 5.69 Å². The van der Waals surface area contributed by atoms with Gasteiger partial charge in [0.05, 0.1) is 18.1 Å². The van der Waals surface area contributed by atoms with Gasteiger partial charge in [-0.3, -0.25) is 19.2 Å². The zero-order chi connectivity index (χ0) is 35.0. The Hall–Kier alpha value is -4.80. The summed E-state index contributed by atoms with van der Waals surface area (Å²) in [6.45, 7) is 2.27. The zero-order valence-electron chi connectivity index (χ0n) is 28.4. The number of fused-ring (bicyclic) bond motifs is 3. The minimum atomic E-state index is -1.45. The molecule has 10 heteroatoms. The van der Waals surface area contributed by atoms with E-state index in [9.17, 15) is 24.3 Å². The van der Waals surface area contributed by atoms with Gasteiger partial charge in [0.25, 0.3) is 5.91 Å². The molecule has 4 heterocycles. The highest BCUT2D eigenvalue weighted by Crippen LogP contribution is 2.53. The molecule has 3 amide bonds. The van der Waals surface area contributed by atoms with Crippen molar-refractivity contribution in [1.29, 1.82) is 0 Å². The number of amides is 3. The lowest BCUT2D eigenvalue weighted by Gasteiger charge is -2.35. The van der Waals surface area contributed by atoms with Gasteiger partial charge in [-0.25, -0.2) is 0 Å². The van der Waals surface area contributed by atoms with Crippen LogP contribution in [0.2, 0.25) is 0 Å². The first kappa shape index (κ1) is 33.7. The van der Waals surface area contributed by atoms with E-state index < -0.39 is 47.7 Å². The van der Waals surface area contributed by atoms with Gasteiger partial charge in [0, 0.05) is 38.9 Å². The summed E-state index contributed by atoms with van der Waals surface area (Å²) in [4.78, 5) is 62.1. The van der Waals surface area contributed by atoms with Gasteiger partial charge in [0.15, 0.2) is 0 Å². The molecule has 260 valence electrons. The highest BCUT2D eigenvalue weighted by molar-refractivity contribution is 6.06. The number of aliphatic hydroxyl groups is 1. The van der Waals surface area contributed by atoms with Crippen LogP contribution in [0.3, 0.4) is 0 Å². The minimum Gasteiger partial charge on any atom is -0.455 e. The zero-order valence-corrected chi connectivity index (χ0v) is 28.4. The number of allylic oxidation sites excluding steroid dienone is 1. The fourth-order valence-electron chi connectivity index (χ4n) is 8.10. The number of unbranched alkanes of at least 4 members (excludes halogenated alkanes) is 1. The molecular weight excluding hydrogens is 634 g/mol. The Morgan fingerprint density at radius 2 is 1.66 bits per heavy atom. The van der Waals surface area contributed by atoms with Gasteiger partial charge in [-0.2, -0.15) is 0 Å². The van der Waals surface area contributed by atoms with Crippen LogP contribution in [-0.2, 0) is 28.7 Å². The number of aliphatic hydroxyl groups excluding tert-OH is 1. The molecule has 0 aliphatic carbocycles. The van der Waals surface area contributed by atoms with Crippen molar-refractivity contribution in [1.82, 2.24) is 9.80 Å². The molecular formula is C40H43N3O7. The molecule has 2 fully saturated rings. The summed E-state index contributed by atoms with van der Waals surface area (Å²) < 4.78 is 13.2. The maximum absolute atomic E-state index is 14.9. The first-order chi connectivity index (χ1) is 24.2. The number of hydrogen-bond donors (Lipinski definition) is 1. The predicted molar refractivity (Wildman–Crippen MR) is 188 cm³/mol. The fraction of sp³-hybridized carbons (Fsp3) is 0.400. The lowest BCUT2D eigenvalue weighted by Crippen LogP contribution is -2.55. The van der Waals surface area contributed by atoms with Gasteiger partial charge in [0.1, 0.15) is 23.7 Å². The first-order valence-corrected chi connectivity index (χ1v) is 17.5. The molecule has 0 saturated carbocycles. The molecule has 4 aliphatic heterocycles. The smallest absolute Gasteiger partial charge is 0.313 e. The summed E-state index contributed by atoms with van der Waals surface area (Å²) in [5, 5.41) is 11.6. The van der Waals surface area contributed by atoms with Crippen molar-refractivity contribution in [3.63, 3.8) is 0 Å². The van der Waals surface area contributed by atoms with E-state index in [2.05, 4.69) is 0 Å². The van der Waals surface area contributed by atoms with Gasteiger partial charge < -0.3 is 29.3 Å². The molecule has 1 spiro atoms. The Kier molecular flexibility index (Phi) is 9.32. The monoisotopic (exact) mass is 677 g/mol. The van der Waals surface area contributed by atoms with E-state index >= 15 is 0 Å². The third kappa shape index (κ3) is 5.80. The second kappa shape index (κ2) is 13.8. The van der Waals surface area contributed by atoms with E-state index in [-0.39, 0.29) is 43.8 Å². The SMILES string of the molecule is C[C@H]1[C@H](c2ccccc2)OC(=O)[C@@H]2[C@H](/C=C\CCC(=O)N1C)O[C@@]13C=CCN(c4ccc5ccccc5c4)C(=O)[C@@H]1N(CCCCO)C(=O)[C@@H]23. The lowest BCUT2D eigenvalue weighted by molar-refractivity contribution is -0.164. The molecule has 0 radical (unpaired) electrons. The van der Waals surface area contributed by atoms with Crippen molar-refractivity contribution < 1.29 is 33.8 Å².